The Hall–Kier alpha value is -3.65. The predicted molar refractivity (Wildman–Crippen MR) is 126 cm³/mol. The third kappa shape index (κ3) is 3.97. The quantitative estimate of drug-likeness (QED) is 0.532. The number of aromatic nitrogens is 5. The van der Waals surface area contributed by atoms with Crippen molar-refractivity contribution >= 4 is 22.5 Å². The molecule has 1 aliphatic rings. The van der Waals surface area contributed by atoms with Crippen LogP contribution in [0.1, 0.15) is 17.1 Å². The molecule has 4 heterocycles. The molecule has 0 aliphatic carbocycles. The van der Waals surface area contributed by atoms with Crippen molar-refractivity contribution in [2.45, 2.75) is 20.4 Å². The predicted octanol–water partition coefficient (Wildman–Crippen LogP) is 3.00. The van der Waals surface area contributed by atoms with Gasteiger partial charge in [-0.25, -0.2) is 19.9 Å². The van der Waals surface area contributed by atoms with Crippen molar-refractivity contribution < 1.29 is 0 Å². The topological polar surface area (TPSA) is 97.0 Å². The first kappa shape index (κ1) is 20.3. The first-order valence-corrected chi connectivity index (χ1v) is 10.8. The van der Waals surface area contributed by atoms with Gasteiger partial charge in [0.15, 0.2) is 5.82 Å². The number of rotatable bonds is 4. The van der Waals surface area contributed by atoms with Crippen molar-refractivity contribution in [1.82, 2.24) is 29.8 Å². The summed E-state index contributed by atoms with van der Waals surface area (Å²) in [7, 11) is 0. The van der Waals surface area contributed by atoms with E-state index in [-0.39, 0.29) is 0 Å². The molecule has 1 aromatic carbocycles. The van der Waals surface area contributed by atoms with Crippen LogP contribution < -0.4 is 10.6 Å². The highest BCUT2D eigenvalue weighted by Gasteiger charge is 2.22. The maximum atomic E-state index is 6.16. The Balaban J connectivity index is 1.31. The van der Waals surface area contributed by atoms with Crippen LogP contribution >= 0.6 is 0 Å². The highest BCUT2D eigenvalue weighted by Crippen LogP contribution is 2.25. The second-order valence-electron chi connectivity index (χ2n) is 8.13. The molecule has 1 aliphatic heterocycles. The molecule has 8 heteroatoms. The highest BCUT2D eigenvalue weighted by molar-refractivity contribution is 5.87. The number of fused-ring (bicyclic) bond motifs is 1. The van der Waals surface area contributed by atoms with Gasteiger partial charge in [0, 0.05) is 60.8 Å². The molecule has 0 bridgehead atoms. The molecule has 0 saturated carbocycles. The van der Waals surface area contributed by atoms with Crippen molar-refractivity contribution in [3.05, 3.63) is 65.9 Å². The van der Waals surface area contributed by atoms with Crippen molar-refractivity contribution in [1.29, 1.82) is 0 Å². The van der Waals surface area contributed by atoms with Crippen LogP contribution in [0.5, 0.6) is 0 Å². The van der Waals surface area contributed by atoms with Crippen LogP contribution in [0.15, 0.2) is 48.8 Å². The number of benzene rings is 1. The zero-order valence-corrected chi connectivity index (χ0v) is 18.4. The molecule has 0 radical (unpaired) electrons. The van der Waals surface area contributed by atoms with E-state index in [0.717, 1.165) is 71.4 Å². The van der Waals surface area contributed by atoms with Gasteiger partial charge in [0.1, 0.15) is 17.5 Å². The Morgan fingerprint density at radius 1 is 0.906 bits per heavy atom. The number of nitrogen functional groups attached to an aromatic ring is 1. The Morgan fingerprint density at radius 3 is 2.50 bits per heavy atom. The van der Waals surface area contributed by atoms with E-state index in [0.29, 0.717) is 12.4 Å². The largest absolute Gasteiger partial charge is 0.383 e. The summed E-state index contributed by atoms with van der Waals surface area (Å²) < 4.78 is 0. The van der Waals surface area contributed by atoms with Crippen molar-refractivity contribution in [3.8, 4) is 11.4 Å². The Kier molecular flexibility index (Phi) is 5.36. The average molecular weight is 427 g/mol. The van der Waals surface area contributed by atoms with Gasteiger partial charge in [-0.2, -0.15) is 0 Å². The second kappa shape index (κ2) is 8.47. The van der Waals surface area contributed by atoms with Crippen LogP contribution in [0.3, 0.4) is 0 Å². The van der Waals surface area contributed by atoms with E-state index in [1.807, 2.05) is 43.3 Å². The number of nitrogens with two attached hydrogens (primary N) is 1. The van der Waals surface area contributed by atoms with Gasteiger partial charge in [0.25, 0.3) is 0 Å². The molecule has 1 saturated heterocycles. The molecule has 2 N–H and O–H groups in total. The maximum absolute atomic E-state index is 6.16. The standard InChI is InChI=1S/C24H26N8/c1-16-17(2)27-23(18-6-5-9-26-14-18)30-24(16)32-12-10-31(11-13-32)15-21-28-20-8-4-3-7-19(20)22(25)29-21/h3-9,14H,10-13,15H2,1-2H3,(H2,25,28,29). The van der Waals surface area contributed by atoms with E-state index in [2.05, 4.69) is 31.7 Å². The summed E-state index contributed by atoms with van der Waals surface area (Å²) in [5.74, 6) is 3.03. The number of hydrogen-bond acceptors (Lipinski definition) is 8. The number of aryl methyl sites for hydroxylation is 1. The number of nitrogens with zero attached hydrogens (tertiary/aromatic N) is 7. The fraction of sp³-hybridized carbons (Fsp3) is 0.292. The first-order chi connectivity index (χ1) is 15.6. The number of piperazine rings is 1. The van der Waals surface area contributed by atoms with Gasteiger partial charge in [-0.3, -0.25) is 9.88 Å². The van der Waals surface area contributed by atoms with E-state index in [1.54, 1.807) is 12.4 Å². The average Bonchev–Trinajstić information content (AvgIpc) is 2.82. The molecular weight excluding hydrogens is 400 g/mol. The minimum Gasteiger partial charge on any atom is -0.383 e. The van der Waals surface area contributed by atoms with Gasteiger partial charge in [-0.1, -0.05) is 12.1 Å². The monoisotopic (exact) mass is 426 g/mol. The van der Waals surface area contributed by atoms with E-state index in [9.17, 15) is 0 Å². The number of pyridine rings is 1. The zero-order chi connectivity index (χ0) is 22.1. The fourth-order valence-corrected chi connectivity index (χ4v) is 4.09. The second-order valence-corrected chi connectivity index (χ2v) is 8.13. The van der Waals surface area contributed by atoms with E-state index >= 15 is 0 Å². The summed E-state index contributed by atoms with van der Waals surface area (Å²) in [4.78, 5) is 27.7. The lowest BCUT2D eigenvalue weighted by Gasteiger charge is -2.36. The zero-order valence-electron chi connectivity index (χ0n) is 18.4. The first-order valence-electron chi connectivity index (χ1n) is 10.8. The lowest BCUT2D eigenvalue weighted by atomic mass is 10.2. The summed E-state index contributed by atoms with van der Waals surface area (Å²) in [6, 6.07) is 11.8. The van der Waals surface area contributed by atoms with Crippen LogP contribution in [-0.4, -0.2) is 56.0 Å². The summed E-state index contributed by atoms with van der Waals surface area (Å²) in [6.07, 6.45) is 3.57. The Morgan fingerprint density at radius 2 is 1.72 bits per heavy atom. The van der Waals surface area contributed by atoms with Crippen LogP contribution in [0.2, 0.25) is 0 Å². The molecule has 32 heavy (non-hydrogen) atoms. The summed E-state index contributed by atoms with van der Waals surface area (Å²) in [5, 5.41) is 0.903. The van der Waals surface area contributed by atoms with Crippen molar-refractivity contribution in [2.75, 3.05) is 36.8 Å². The molecule has 4 aromatic rings. The molecule has 0 atom stereocenters. The Labute approximate surface area is 187 Å². The normalized spacial score (nSPS) is 14.8. The number of para-hydroxylation sites is 1. The lowest BCUT2D eigenvalue weighted by molar-refractivity contribution is 0.244. The highest BCUT2D eigenvalue weighted by atomic mass is 15.3. The smallest absolute Gasteiger partial charge is 0.163 e. The van der Waals surface area contributed by atoms with Gasteiger partial charge in [-0.05, 0) is 38.1 Å². The third-order valence-electron chi connectivity index (χ3n) is 6.00. The van der Waals surface area contributed by atoms with Gasteiger partial charge < -0.3 is 10.6 Å². The number of hydrogen-bond donors (Lipinski definition) is 1. The van der Waals surface area contributed by atoms with E-state index < -0.39 is 0 Å². The maximum Gasteiger partial charge on any atom is 0.163 e. The van der Waals surface area contributed by atoms with Gasteiger partial charge in [0.2, 0.25) is 0 Å². The lowest BCUT2D eigenvalue weighted by Crippen LogP contribution is -2.46. The van der Waals surface area contributed by atoms with Gasteiger partial charge >= 0.3 is 0 Å². The summed E-state index contributed by atoms with van der Waals surface area (Å²) >= 11 is 0. The minimum absolute atomic E-state index is 0.541. The summed E-state index contributed by atoms with van der Waals surface area (Å²) in [5.41, 5.74) is 10.1. The third-order valence-corrected chi connectivity index (χ3v) is 6.00. The van der Waals surface area contributed by atoms with Gasteiger partial charge in [0.05, 0.1) is 12.1 Å². The Bertz CT molecular complexity index is 1250. The van der Waals surface area contributed by atoms with Crippen LogP contribution in [0.4, 0.5) is 11.6 Å². The van der Waals surface area contributed by atoms with E-state index in [1.165, 1.54) is 0 Å². The minimum atomic E-state index is 0.541. The SMILES string of the molecule is Cc1nc(-c2cccnc2)nc(N2CCN(Cc3nc(N)c4ccccc4n3)CC2)c1C. The molecule has 1 fully saturated rings. The van der Waals surface area contributed by atoms with E-state index in [4.69, 9.17) is 15.7 Å². The van der Waals surface area contributed by atoms with Crippen LogP contribution in [-0.2, 0) is 6.54 Å². The molecule has 162 valence electrons. The molecule has 0 unspecified atom stereocenters. The molecule has 8 nitrogen and oxygen atoms in total. The van der Waals surface area contributed by atoms with Crippen LogP contribution in [0.25, 0.3) is 22.3 Å². The fourth-order valence-electron chi connectivity index (χ4n) is 4.09. The number of anilines is 2. The van der Waals surface area contributed by atoms with Crippen molar-refractivity contribution in [3.63, 3.8) is 0 Å². The van der Waals surface area contributed by atoms with Gasteiger partial charge in [-0.15, -0.1) is 0 Å². The summed E-state index contributed by atoms with van der Waals surface area (Å²) in [6.45, 7) is 8.39. The molecule has 0 amide bonds. The van der Waals surface area contributed by atoms with Crippen LogP contribution in [0, 0.1) is 13.8 Å². The molecular formula is C24H26N8. The van der Waals surface area contributed by atoms with Crippen molar-refractivity contribution in [2.24, 2.45) is 0 Å². The molecule has 0 spiro atoms. The molecule has 5 rings (SSSR count). The molecule has 3 aromatic heterocycles.